The van der Waals surface area contributed by atoms with Crippen molar-refractivity contribution in [2.45, 2.75) is 24.9 Å². The van der Waals surface area contributed by atoms with Gasteiger partial charge in [-0.2, -0.15) is 0 Å². The number of halogens is 2. The van der Waals surface area contributed by atoms with E-state index in [0.717, 1.165) is 12.8 Å². The summed E-state index contributed by atoms with van der Waals surface area (Å²) in [4.78, 5) is 15.3. The third kappa shape index (κ3) is 4.56. The minimum absolute atomic E-state index is 0.0157. The molecule has 1 heterocycles. The quantitative estimate of drug-likeness (QED) is 0.881. The Morgan fingerprint density at radius 1 is 1.48 bits per heavy atom. The van der Waals surface area contributed by atoms with Gasteiger partial charge in [0, 0.05) is 33.2 Å². The molecule has 7 heteroatoms. The first kappa shape index (κ1) is 18.0. The predicted molar refractivity (Wildman–Crippen MR) is 88.1 cm³/mol. The van der Waals surface area contributed by atoms with Gasteiger partial charge in [0.15, 0.2) is 0 Å². The first-order chi connectivity index (χ1) is 10.9. The number of hydrogen-bond acceptors (Lipinski definition) is 3. The largest absolute Gasteiger partial charge is 0.394 e. The van der Waals surface area contributed by atoms with Gasteiger partial charge in [-0.05, 0) is 30.5 Å². The maximum absolute atomic E-state index is 13.6. The van der Waals surface area contributed by atoms with Crippen LogP contribution >= 0.6 is 11.6 Å². The number of carbonyl (C=O) groups excluding carboxylic acids is 1. The number of amides is 2. The number of urea groups is 1. The fourth-order valence-corrected chi connectivity index (χ4v) is 2.91. The molecule has 1 unspecified atom stereocenters. The van der Waals surface area contributed by atoms with Crippen molar-refractivity contribution in [1.29, 1.82) is 0 Å². The molecule has 0 spiro atoms. The first-order valence-corrected chi connectivity index (χ1v) is 8.08. The Hall–Kier alpha value is -1.37. The Morgan fingerprint density at radius 3 is 2.65 bits per heavy atom. The Kier molecular flexibility index (Phi) is 6.21. The van der Waals surface area contributed by atoms with E-state index in [1.807, 2.05) is 4.90 Å². The molecular weight excluding hydrogens is 321 g/mol. The molecule has 2 rings (SSSR count). The van der Waals surface area contributed by atoms with E-state index < -0.39 is 5.82 Å². The van der Waals surface area contributed by atoms with Crippen molar-refractivity contribution in [2.24, 2.45) is 0 Å². The Labute approximate surface area is 141 Å². The molecule has 1 saturated heterocycles. The number of rotatable bonds is 4. The predicted octanol–water partition coefficient (Wildman–Crippen LogP) is 2.25. The average Bonchev–Trinajstić information content (AvgIpc) is 2.55. The Balaban J connectivity index is 1.93. The van der Waals surface area contributed by atoms with Crippen LogP contribution in [-0.4, -0.2) is 60.8 Å². The summed E-state index contributed by atoms with van der Waals surface area (Å²) in [5.74, 6) is -0.490. The summed E-state index contributed by atoms with van der Waals surface area (Å²) in [6.07, 6.45) is 1.60. The molecule has 0 saturated carbocycles. The van der Waals surface area contributed by atoms with E-state index in [4.69, 9.17) is 11.6 Å². The summed E-state index contributed by atoms with van der Waals surface area (Å²) < 4.78 is 13.6. The summed E-state index contributed by atoms with van der Waals surface area (Å²) in [5, 5.41) is 13.0. The molecule has 0 bridgehead atoms. The van der Waals surface area contributed by atoms with E-state index in [0.29, 0.717) is 18.7 Å². The number of nitrogens with zero attached hydrogens (tertiary/aromatic N) is 2. The number of carbonyl (C=O) groups is 1. The molecule has 1 aliphatic heterocycles. The summed E-state index contributed by atoms with van der Waals surface area (Å²) in [6.45, 7) is 1.21. The topological polar surface area (TPSA) is 55.8 Å². The number of piperidine rings is 1. The van der Waals surface area contributed by atoms with E-state index in [9.17, 15) is 14.3 Å². The van der Waals surface area contributed by atoms with Crippen molar-refractivity contribution in [3.63, 3.8) is 0 Å². The molecule has 1 aliphatic rings. The fraction of sp³-hybridized carbons (Fsp3) is 0.562. The van der Waals surface area contributed by atoms with E-state index in [1.54, 1.807) is 25.1 Å². The molecule has 1 aromatic rings. The lowest BCUT2D eigenvalue weighted by Crippen LogP contribution is -2.48. The number of aliphatic hydroxyl groups is 1. The molecule has 1 aromatic carbocycles. The van der Waals surface area contributed by atoms with Crippen LogP contribution in [0.15, 0.2) is 18.2 Å². The molecular formula is C16H23ClFN3O2. The highest BCUT2D eigenvalue weighted by molar-refractivity contribution is 6.30. The highest BCUT2D eigenvalue weighted by atomic mass is 35.5. The highest BCUT2D eigenvalue weighted by Crippen LogP contribution is 2.22. The third-order valence-corrected chi connectivity index (χ3v) is 4.42. The minimum Gasteiger partial charge on any atom is -0.394 e. The average molecular weight is 344 g/mol. The van der Waals surface area contributed by atoms with Crippen LogP contribution in [0.3, 0.4) is 0 Å². The summed E-state index contributed by atoms with van der Waals surface area (Å²) in [7, 11) is 3.48. The van der Waals surface area contributed by atoms with E-state index in [-0.39, 0.29) is 29.7 Å². The van der Waals surface area contributed by atoms with Gasteiger partial charge < -0.3 is 20.2 Å². The summed E-state index contributed by atoms with van der Waals surface area (Å²) >= 11 is 5.69. The van der Waals surface area contributed by atoms with Gasteiger partial charge >= 0.3 is 6.03 Å². The molecule has 2 N–H and O–H groups in total. The van der Waals surface area contributed by atoms with Crippen molar-refractivity contribution in [1.82, 2.24) is 15.1 Å². The maximum Gasteiger partial charge on any atom is 0.319 e. The van der Waals surface area contributed by atoms with Crippen LogP contribution in [0.5, 0.6) is 0 Å². The van der Waals surface area contributed by atoms with Gasteiger partial charge in [0.1, 0.15) is 5.82 Å². The molecule has 23 heavy (non-hydrogen) atoms. The summed E-state index contributed by atoms with van der Waals surface area (Å²) in [5.41, 5.74) is 0.668. The molecule has 1 atom stereocenters. The van der Waals surface area contributed by atoms with Crippen LogP contribution in [0.1, 0.15) is 24.4 Å². The Bertz CT molecular complexity index is 548. The van der Waals surface area contributed by atoms with E-state index in [1.165, 1.54) is 12.1 Å². The van der Waals surface area contributed by atoms with Gasteiger partial charge in [0.05, 0.1) is 17.7 Å². The van der Waals surface area contributed by atoms with Crippen molar-refractivity contribution >= 4 is 17.6 Å². The lowest BCUT2D eigenvalue weighted by molar-refractivity contribution is 0.146. The van der Waals surface area contributed by atoms with Crippen molar-refractivity contribution in [2.75, 3.05) is 33.8 Å². The number of hydrogen-bond donors (Lipinski definition) is 2. The van der Waals surface area contributed by atoms with Crippen molar-refractivity contribution in [3.05, 3.63) is 34.6 Å². The van der Waals surface area contributed by atoms with Gasteiger partial charge in [0.25, 0.3) is 0 Å². The van der Waals surface area contributed by atoms with Crippen LogP contribution < -0.4 is 5.32 Å². The van der Waals surface area contributed by atoms with Crippen LogP contribution in [0.4, 0.5) is 9.18 Å². The van der Waals surface area contributed by atoms with E-state index >= 15 is 0 Å². The van der Waals surface area contributed by atoms with Crippen molar-refractivity contribution in [3.8, 4) is 0 Å². The molecule has 2 amide bonds. The Morgan fingerprint density at radius 2 is 2.13 bits per heavy atom. The fourth-order valence-electron chi connectivity index (χ4n) is 2.79. The number of likely N-dealkylation sites (tertiary alicyclic amines) is 1. The second kappa shape index (κ2) is 7.95. The molecule has 0 aliphatic carbocycles. The van der Waals surface area contributed by atoms with Crippen LogP contribution in [0.25, 0.3) is 0 Å². The van der Waals surface area contributed by atoms with Crippen molar-refractivity contribution < 1.29 is 14.3 Å². The summed E-state index contributed by atoms with van der Waals surface area (Å²) in [6, 6.07) is 4.40. The number of nitrogens with one attached hydrogen (secondary N) is 1. The monoisotopic (exact) mass is 343 g/mol. The lowest BCUT2D eigenvalue weighted by atomic mass is 10.0. The van der Waals surface area contributed by atoms with Crippen LogP contribution in [0.2, 0.25) is 5.02 Å². The zero-order chi connectivity index (χ0) is 17.0. The molecule has 0 aromatic heterocycles. The highest BCUT2D eigenvalue weighted by Gasteiger charge is 2.25. The SMILES string of the molecule is CN(C)C(=O)N1CCC(NC(CO)c2ccc(Cl)c(F)c2)CC1. The normalized spacial score (nSPS) is 17.2. The van der Waals surface area contributed by atoms with Gasteiger partial charge in [0.2, 0.25) is 0 Å². The zero-order valence-corrected chi connectivity index (χ0v) is 14.2. The molecule has 1 fully saturated rings. The first-order valence-electron chi connectivity index (χ1n) is 7.70. The number of aliphatic hydroxyl groups excluding tert-OH is 1. The number of benzene rings is 1. The second-order valence-electron chi connectivity index (χ2n) is 6.01. The van der Waals surface area contributed by atoms with Crippen LogP contribution in [0, 0.1) is 5.82 Å². The lowest BCUT2D eigenvalue weighted by Gasteiger charge is -2.35. The van der Waals surface area contributed by atoms with E-state index in [2.05, 4.69) is 5.32 Å². The maximum atomic E-state index is 13.6. The van der Waals surface area contributed by atoms with Gasteiger partial charge in [-0.25, -0.2) is 9.18 Å². The van der Waals surface area contributed by atoms with Gasteiger partial charge in [-0.1, -0.05) is 17.7 Å². The molecule has 0 radical (unpaired) electrons. The smallest absolute Gasteiger partial charge is 0.319 e. The zero-order valence-electron chi connectivity index (χ0n) is 13.4. The minimum atomic E-state index is -0.490. The standard InChI is InChI=1S/C16H23ClFN3O2/c1-20(2)16(23)21-7-5-12(6-8-21)19-15(10-22)11-3-4-13(17)14(18)9-11/h3-4,9,12,15,19,22H,5-8,10H2,1-2H3. The van der Waals surface area contributed by atoms with Crippen LogP contribution in [-0.2, 0) is 0 Å². The van der Waals surface area contributed by atoms with Gasteiger partial charge in [-0.3, -0.25) is 0 Å². The molecule has 128 valence electrons. The second-order valence-corrected chi connectivity index (χ2v) is 6.42. The van der Waals surface area contributed by atoms with Gasteiger partial charge in [-0.15, -0.1) is 0 Å². The third-order valence-electron chi connectivity index (χ3n) is 4.11. The molecule has 5 nitrogen and oxygen atoms in total.